The van der Waals surface area contributed by atoms with E-state index >= 15 is 0 Å². The second-order valence-electron chi connectivity index (χ2n) is 7.66. The summed E-state index contributed by atoms with van der Waals surface area (Å²) in [4.78, 5) is 5.06. The summed E-state index contributed by atoms with van der Waals surface area (Å²) in [5, 5.41) is 1.26. The number of piperazine rings is 1. The summed E-state index contributed by atoms with van der Waals surface area (Å²) in [7, 11) is 0. The SMILES string of the molecule is Cc1ccccc1-c1ccccc1N1CCN(CCc2ccc(Cl)c(Cl)c2)CC1. The molecule has 3 aromatic carbocycles. The monoisotopic (exact) mass is 424 g/mol. The third-order valence-electron chi connectivity index (χ3n) is 5.75. The summed E-state index contributed by atoms with van der Waals surface area (Å²) < 4.78 is 0. The van der Waals surface area contributed by atoms with Crippen molar-refractivity contribution in [2.45, 2.75) is 13.3 Å². The van der Waals surface area contributed by atoms with E-state index in [-0.39, 0.29) is 0 Å². The first-order valence-corrected chi connectivity index (χ1v) is 10.9. The Bertz CT molecular complexity index is 978. The molecule has 1 heterocycles. The number of anilines is 1. The van der Waals surface area contributed by atoms with E-state index < -0.39 is 0 Å². The second kappa shape index (κ2) is 9.21. The smallest absolute Gasteiger partial charge is 0.0595 e. The zero-order chi connectivity index (χ0) is 20.2. The predicted octanol–water partition coefficient (Wildman–Crippen LogP) is 6.33. The van der Waals surface area contributed by atoms with Crippen molar-refractivity contribution in [3.8, 4) is 11.1 Å². The van der Waals surface area contributed by atoms with Gasteiger partial charge < -0.3 is 4.90 Å². The zero-order valence-corrected chi connectivity index (χ0v) is 18.3. The van der Waals surface area contributed by atoms with Gasteiger partial charge in [0.25, 0.3) is 0 Å². The number of rotatable bonds is 5. The van der Waals surface area contributed by atoms with Gasteiger partial charge in [-0.25, -0.2) is 0 Å². The third-order valence-corrected chi connectivity index (χ3v) is 6.49. The minimum Gasteiger partial charge on any atom is -0.368 e. The Morgan fingerprint density at radius 1 is 0.759 bits per heavy atom. The Balaban J connectivity index is 1.40. The number of para-hydroxylation sites is 1. The molecule has 1 fully saturated rings. The van der Waals surface area contributed by atoms with Crippen LogP contribution in [0.1, 0.15) is 11.1 Å². The van der Waals surface area contributed by atoms with Crippen LogP contribution in [0.2, 0.25) is 10.0 Å². The molecular weight excluding hydrogens is 399 g/mol. The Kier molecular flexibility index (Phi) is 6.44. The minimum atomic E-state index is 0.622. The fourth-order valence-corrected chi connectivity index (χ4v) is 4.37. The maximum atomic E-state index is 6.15. The minimum absolute atomic E-state index is 0.622. The lowest BCUT2D eigenvalue weighted by Crippen LogP contribution is -2.47. The lowest BCUT2D eigenvalue weighted by atomic mass is 9.98. The molecule has 1 aliphatic rings. The number of nitrogens with zero attached hydrogens (tertiary/aromatic N) is 2. The lowest BCUT2D eigenvalue weighted by molar-refractivity contribution is 0.261. The van der Waals surface area contributed by atoms with Crippen LogP contribution in [0.15, 0.2) is 66.7 Å². The van der Waals surface area contributed by atoms with Crippen LogP contribution in [-0.4, -0.2) is 37.6 Å². The highest BCUT2D eigenvalue weighted by Gasteiger charge is 2.20. The van der Waals surface area contributed by atoms with Crippen molar-refractivity contribution < 1.29 is 0 Å². The molecule has 29 heavy (non-hydrogen) atoms. The molecule has 0 N–H and O–H groups in total. The molecule has 0 unspecified atom stereocenters. The summed E-state index contributed by atoms with van der Waals surface area (Å²) in [6.07, 6.45) is 0.997. The standard InChI is InChI=1S/C25H26Cl2N2/c1-19-6-2-3-7-21(19)22-8-4-5-9-25(22)29-16-14-28(15-17-29)13-12-20-10-11-23(26)24(27)18-20/h2-11,18H,12-17H2,1H3. The normalized spacial score (nSPS) is 14.9. The Morgan fingerprint density at radius 2 is 1.45 bits per heavy atom. The van der Waals surface area contributed by atoms with E-state index in [1.165, 1.54) is 27.9 Å². The first kappa shape index (κ1) is 20.3. The molecule has 3 aromatic rings. The van der Waals surface area contributed by atoms with E-state index in [2.05, 4.69) is 71.3 Å². The van der Waals surface area contributed by atoms with E-state index in [9.17, 15) is 0 Å². The summed E-state index contributed by atoms with van der Waals surface area (Å²) in [5.41, 5.74) is 6.55. The highest BCUT2D eigenvalue weighted by atomic mass is 35.5. The van der Waals surface area contributed by atoms with Crippen molar-refractivity contribution in [3.63, 3.8) is 0 Å². The first-order chi connectivity index (χ1) is 14.1. The number of benzene rings is 3. The molecule has 0 aliphatic carbocycles. The molecule has 1 aliphatic heterocycles. The summed E-state index contributed by atoms with van der Waals surface area (Å²) in [5.74, 6) is 0. The summed E-state index contributed by atoms with van der Waals surface area (Å²) in [6.45, 7) is 7.47. The van der Waals surface area contributed by atoms with Gasteiger partial charge in [-0.1, -0.05) is 71.7 Å². The van der Waals surface area contributed by atoms with Gasteiger partial charge in [0.1, 0.15) is 0 Å². The highest BCUT2D eigenvalue weighted by molar-refractivity contribution is 6.42. The molecule has 0 bridgehead atoms. The van der Waals surface area contributed by atoms with Gasteiger partial charge in [0.15, 0.2) is 0 Å². The molecule has 1 saturated heterocycles. The Hall–Kier alpha value is -2.00. The highest BCUT2D eigenvalue weighted by Crippen LogP contribution is 2.33. The third kappa shape index (κ3) is 4.78. The molecule has 0 amide bonds. The Morgan fingerprint density at radius 3 is 2.17 bits per heavy atom. The number of halogens is 2. The van der Waals surface area contributed by atoms with Crippen molar-refractivity contribution >= 4 is 28.9 Å². The fourth-order valence-electron chi connectivity index (χ4n) is 4.05. The first-order valence-electron chi connectivity index (χ1n) is 10.2. The molecule has 150 valence electrons. The zero-order valence-electron chi connectivity index (χ0n) is 16.7. The molecule has 0 spiro atoms. The molecule has 0 aromatic heterocycles. The topological polar surface area (TPSA) is 6.48 Å². The van der Waals surface area contributed by atoms with Crippen LogP contribution in [0.5, 0.6) is 0 Å². The van der Waals surface area contributed by atoms with Crippen LogP contribution in [-0.2, 0) is 6.42 Å². The van der Waals surface area contributed by atoms with Crippen LogP contribution in [0.3, 0.4) is 0 Å². The van der Waals surface area contributed by atoms with Gasteiger partial charge in [0, 0.05) is 44.0 Å². The van der Waals surface area contributed by atoms with Crippen molar-refractivity contribution in [1.29, 1.82) is 0 Å². The van der Waals surface area contributed by atoms with Gasteiger partial charge in [-0.2, -0.15) is 0 Å². The summed E-state index contributed by atoms with van der Waals surface area (Å²) >= 11 is 12.2. The predicted molar refractivity (Wildman–Crippen MR) is 125 cm³/mol. The number of aryl methyl sites for hydroxylation is 1. The van der Waals surface area contributed by atoms with Gasteiger partial charge >= 0.3 is 0 Å². The maximum absolute atomic E-state index is 6.15. The van der Waals surface area contributed by atoms with Gasteiger partial charge in [0.2, 0.25) is 0 Å². The van der Waals surface area contributed by atoms with Gasteiger partial charge in [-0.3, -0.25) is 4.90 Å². The molecule has 4 heteroatoms. The van der Waals surface area contributed by atoms with Gasteiger partial charge in [-0.15, -0.1) is 0 Å². The van der Waals surface area contributed by atoms with E-state index in [0.29, 0.717) is 10.0 Å². The maximum Gasteiger partial charge on any atom is 0.0595 e. The van der Waals surface area contributed by atoms with E-state index in [1.54, 1.807) is 0 Å². The van der Waals surface area contributed by atoms with Crippen LogP contribution in [0, 0.1) is 6.92 Å². The van der Waals surface area contributed by atoms with Crippen LogP contribution < -0.4 is 4.90 Å². The van der Waals surface area contributed by atoms with Crippen molar-refractivity contribution in [3.05, 3.63) is 87.9 Å². The lowest BCUT2D eigenvalue weighted by Gasteiger charge is -2.37. The molecule has 0 atom stereocenters. The van der Waals surface area contributed by atoms with Crippen molar-refractivity contribution in [1.82, 2.24) is 4.90 Å². The Labute approximate surface area is 183 Å². The van der Waals surface area contributed by atoms with E-state index in [1.807, 2.05) is 12.1 Å². The second-order valence-corrected chi connectivity index (χ2v) is 8.47. The molecule has 2 nitrogen and oxygen atoms in total. The largest absolute Gasteiger partial charge is 0.368 e. The average molecular weight is 425 g/mol. The van der Waals surface area contributed by atoms with Crippen LogP contribution in [0.4, 0.5) is 5.69 Å². The number of hydrogen-bond donors (Lipinski definition) is 0. The van der Waals surface area contributed by atoms with Crippen molar-refractivity contribution in [2.75, 3.05) is 37.6 Å². The summed E-state index contributed by atoms with van der Waals surface area (Å²) in [6, 6.07) is 23.4. The quantitative estimate of drug-likeness (QED) is 0.471. The number of hydrogen-bond acceptors (Lipinski definition) is 2. The fraction of sp³-hybridized carbons (Fsp3) is 0.280. The van der Waals surface area contributed by atoms with Crippen LogP contribution >= 0.6 is 23.2 Å². The molecule has 0 radical (unpaired) electrons. The van der Waals surface area contributed by atoms with E-state index in [0.717, 1.165) is 39.1 Å². The van der Waals surface area contributed by atoms with E-state index in [4.69, 9.17) is 23.2 Å². The van der Waals surface area contributed by atoms with Gasteiger partial charge in [0.05, 0.1) is 10.0 Å². The molecule has 4 rings (SSSR count). The molecular formula is C25H26Cl2N2. The van der Waals surface area contributed by atoms with Crippen molar-refractivity contribution in [2.24, 2.45) is 0 Å². The van der Waals surface area contributed by atoms with Crippen LogP contribution in [0.25, 0.3) is 11.1 Å². The van der Waals surface area contributed by atoms with Gasteiger partial charge in [-0.05, 0) is 48.2 Å². The molecule has 0 saturated carbocycles. The average Bonchev–Trinajstić information content (AvgIpc) is 2.75.